The molecule has 2 rings (SSSR count). The van der Waals surface area contributed by atoms with Gasteiger partial charge in [0.05, 0.1) is 19.8 Å². The van der Waals surface area contributed by atoms with Crippen LogP contribution in [0.25, 0.3) is 0 Å². The van der Waals surface area contributed by atoms with Crippen LogP contribution in [0, 0.1) is 0 Å². The number of hydrogen-bond acceptors (Lipinski definition) is 4. The minimum atomic E-state index is 0.132. The van der Waals surface area contributed by atoms with Gasteiger partial charge in [-0.05, 0) is 50.9 Å². The summed E-state index contributed by atoms with van der Waals surface area (Å²) in [7, 11) is 1.67. The van der Waals surface area contributed by atoms with Crippen LogP contribution in [0.1, 0.15) is 32.3 Å². The predicted molar refractivity (Wildman–Crippen MR) is 79.3 cm³/mol. The monoisotopic (exact) mass is 279 g/mol. The molecule has 4 heteroatoms. The molecule has 112 valence electrons. The minimum Gasteiger partial charge on any atom is -0.493 e. The van der Waals surface area contributed by atoms with E-state index in [2.05, 4.69) is 11.0 Å². The third-order valence-electron chi connectivity index (χ3n) is 3.69. The van der Waals surface area contributed by atoms with Crippen molar-refractivity contribution in [3.8, 4) is 11.5 Å². The highest BCUT2D eigenvalue weighted by atomic mass is 16.5. The van der Waals surface area contributed by atoms with Crippen LogP contribution in [0.3, 0.4) is 0 Å². The van der Waals surface area contributed by atoms with Crippen LogP contribution in [0.4, 0.5) is 0 Å². The molecule has 0 radical (unpaired) electrons. The van der Waals surface area contributed by atoms with Crippen LogP contribution in [-0.2, 0) is 6.54 Å². The Balaban J connectivity index is 2.09. The first-order valence-electron chi connectivity index (χ1n) is 7.32. The van der Waals surface area contributed by atoms with Crippen molar-refractivity contribution in [3.63, 3.8) is 0 Å². The summed E-state index contributed by atoms with van der Waals surface area (Å²) in [6.45, 7) is 6.15. The Morgan fingerprint density at radius 1 is 1.35 bits per heavy atom. The van der Waals surface area contributed by atoms with Crippen LogP contribution < -0.4 is 9.47 Å². The lowest BCUT2D eigenvalue weighted by Crippen LogP contribution is -2.31. The molecule has 1 saturated heterocycles. The molecule has 1 fully saturated rings. The molecule has 1 N–H and O–H groups in total. The van der Waals surface area contributed by atoms with E-state index in [-0.39, 0.29) is 12.7 Å². The zero-order chi connectivity index (χ0) is 14.5. The minimum absolute atomic E-state index is 0.132. The highest BCUT2D eigenvalue weighted by molar-refractivity contribution is 5.43. The fourth-order valence-corrected chi connectivity index (χ4v) is 2.71. The van der Waals surface area contributed by atoms with Crippen molar-refractivity contribution in [1.82, 2.24) is 4.90 Å². The maximum absolute atomic E-state index is 9.37. The first-order valence-corrected chi connectivity index (χ1v) is 7.32. The fraction of sp³-hybridized carbons (Fsp3) is 0.625. The molecule has 0 bridgehead atoms. The third-order valence-corrected chi connectivity index (χ3v) is 3.69. The van der Waals surface area contributed by atoms with E-state index < -0.39 is 0 Å². The summed E-state index contributed by atoms with van der Waals surface area (Å²) in [4.78, 5) is 2.33. The number of ether oxygens (including phenoxy) is 2. The third kappa shape index (κ3) is 3.64. The second-order valence-electron chi connectivity index (χ2n) is 5.60. The normalized spacial score (nSPS) is 19.6. The van der Waals surface area contributed by atoms with Crippen molar-refractivity contribution < 1.29 is 14.6 Å². The first kappa shape index (κ1) is 15.1. The van der Waals surface area contributed by atoms with Crippen LogP contribution in [0.15, 0.2) is 18.2 Å². The van der Waals surface area contributed by atoms with E-state index in [0.29, 0.717) is 6.04 Å². The second-order valence-corrected chi connectivity index (χ2v) is 5.60. The summed E-state index contributed by atoms with van der Waals surface area (Å²) in [5.41, 5.74) is 1.19. The Bertz CT molecular complexity index is 434. The Hall–Kier alpha value is -1.26. The molecular formula is C16H25NO3. The zero-order valence-electron chi connectivity index (χ0n) is 12.6. The van der Waals surface area contributed by atoms with E-state index >= 15 is 0 Å². The molecule has 0 spiro atoms. The summed E-state index contributed by atoms with van der Waals surface area (Å²) in [6, 6.07) is 6.38. The van der Waals surface area contributed by atoms with Gasteiger partial charge < -0.3 is 14.6 Å². The van der Waals surface area contributed by atoms with Gasteiger partial charge in [-0.3, -0.25) is 4.90 Å². The molecule has 1 aromatic carbocycles. The maximum Gasteiger partial charge on any atom is 0.161 e. The highest BCUT2D eigenvalue weighted by Gasteiger charge is 2.23. The van der Waals surface area contributed by atoms with Crippen LogP contribution in [0.2, 0.25) is 0 Å². The van der Waals surface area contributed by atoms with Crippen molar-refractivity contribution in [2.75, 3.05) is 20.3 Å². The molecule has 0 amide bonds. The van der Waals surface area contributed by atoms with Crippen LogP contribution >= 0.6 is 0 Å². The molecule has 1 aromatic rings. The van der Waals surface area contributed by atoms with Gasteiger partial charge in [0.2, 0.25) is 0 Å². The van der Waals surface area contributed by atoms with E-state index in [1.165, 1.54) is 5.56 Å². The van der Waals surface area contributed by atoms with E-state index in [1.807, 2.05) is 26.0 Å². The Labute approximate surface area is 121 Å². The SMILES string of the molecule is COc1cc(CN2CCC[C@H]2CO)ccc1OC(C)C. The van der Waals surface area contributed by atoms with Gasteiger partial charge >= 0.3 is 0 Å². The summed E-state index contributed by atoms with van der Waals surface area (Å²) in [6.07, 6.45) is 2.38. The molecule has 0 aliphatic carbocycles. The smallest absolute Gasteiger partial charge is 0.161 e. The number of benzene rings is 1. The van der Waals surface area contributed by atoms with Crippen LogP contribution in [0.5, 0.6) is 11.5 Å². The number of aliphatic hydroxyl groups is 1. The lowest BCUT2D eigenvalue weighted by molar-refractivity contribution is 0.153. The Kier molecular flexibility index (Phi) is 5.26. The molecule has 1 aliphatic rings. The Morgan fingerprint density at radius 2 is 2.15 bits per heavy atom. The van der Waals surface area contributed by atoms with Gasteiger partial charge in [-0.2, -0.15) is 0 Å². The summed E-state index contributed by atoms with van der Waals surface area (Å²) in [5.74, 6) is 1.56. The molecule has 0 unspecified atom stereocenters. The van der Waals surface area contributed by atoms with Crippen molar-refractivity contribution >= 4 is 0 Å². The van der Waals surface area contributed by atoms with Gasteiger partial charge in [0, 0.05) is 12.6 Å². The molecule has 4 nitrogen and oxygen atoms in total. The van der Waals surface area contributed by atoms with Gasteiger partial charge in [-0.15, -0.1) is 0 Å². The van der Waals surface area contributed by atoms with Crippen molar-refractivity contribution in [2.45, 2.75) is 45.4 Å². The number of nitrogens with zero attached hydrogens (tertiary/aromatic N) is 1. The van der Waals surface area contributed by atoms with Gasteiger partial charge in [0.15, 0.2) is 11.5 Å². The Morgan fingerprint density at radius 3 is 2.80 bits per heavy atom. The fourth-order valence-electron chi connectivity index (χ4n) is 2.71. The lowest BCUT2D eigenvalue weighted by atomic mass is 10.1. The summed E-state index contributed by atoms with van der Waals surface area (Å²) >= 11 is 0. The lowest BCUT2D eigenvalue weighted by Gasteiger charge is -2.23. The molecule has 20 heavy (non-hydrogen) atoms. The molecule has 1 heterocycles. The van der Waals surface area contributed by atoms with E-state index in [1.54, 1.807) is 7.11 Å². The number of methoxy groups -OCH3 is 1. The zero-order valence-corrected chi connectivity index (χ0v) is 12.6. The number of likely N-dealkylation sites (tertiary alicyclic amines) is 1. The quantitative estimate of drug-likeness (QED) is 0.868. The van der Waals surface area contributed by atoms with Gasteiger partial charge in [0.25, 0.3) is 0 Å². The van der Waals surface area contributed by atoms with E-state index in [9.17, 15) is 5.11 Å². The molecule has 0 saturated carbocycles. The average molecular weight is 279 g/mol. The topological polar surface area (TPSA) is 41.9 Å². The van der Waals surface area contributed by atoms with Crippen molar-refractivity contribution in [3.05, 3.63) is 23.8 Å². The molecule has 1 aliphatic heterocycles. The molecule has 1 atom stereocenters. The molecular weight excluding hydrogens is 254 g/mol. The predicted octanol–water partition coefficient (Wildman–Crippen LogP) is 2.44. The van der Waals surface area contributed by atoms with E-state index in [0.717, 1.165) is 37.4 Å². The first-order chi connectivity index (χ1) is 9.63. The summed E-state index contributed by atoms with van der Waals surface area (Å²) < 4.78 is 11.1. The van der Waals surface area contributed by atoms with E-state index in [4.69, 9.17) is 9.47 Å². The van der Waals surface area contributed by atoms with Gasteiger partial charge in [0.1, 0.15) is 0 Å². The average Bonchev–Trinajstić information content (AvgIpc) is 2.87. The largest absolute Gasteiger partial charge is 0.493 e. The van der Waals surface area contributed by atoms with Gasteiger partial charge in [-0.1, -0.05) is 6.07 Å². The number of rotatable bonds is 6. The standard InChI is InChI=1S/C16H25NO3/c1-12(2)20-15-7-6-13(9-16(15)19-3)10-17-8-4-5-14(17)11-18/h6-7,9,12,14,18H,4-5,8,10-11H2,1-3H3/t14-/m0/s1. The maximum atomic E-state index is 9.37. The molecule has 0 aromatic heterocycles. The number of hydrogen-bond donors (Lipinski definition) is 1. The summed E-state index contributed by atoms with van der Waals surface area (Å²) in [5, 5.41) is 9.37. The van der Waals surface area contributed by atoms with Crippen molar-refractivity contribution in [1.29, 1.82) is 0 Å². The highest BCUT2D eigenvalue weighted by Crippen LogP contribution is 2.30. The number of aliphatic hydroxyl groups excluding tert-OH is 1. The second kappa shape index (κ2) is 6.95. The van der Waals surface area contributed by atoms with Gasteiger partial charge in [-0.25, -0.2) is 0 Å². The van der Waals surface area contributed by atoms with Crippen LogP contribution in [-0.4, -0.2) is 42.4 Å². The van der Waals surface area contributed by atoms with Crippen molar-refractivity contribution in [2.24, 2.45) is 0 Å².